The van der Waals surface area contributed by atoms with E-state index in [0.29, 0.717) is 11.4 Å². The highest BCUT2D eigenvalue weighted by atomic mass is 16.1. The van der Waals surface area contributed by atoms with Crippen LogP contribution in [-0.4, -0.2) is 20.3 Å². The van der Waals surface area contributed by atoms with Gasteiger partial charge in [-0.15, -0.1) is 0 Å². The molecule has 0 spiro atoms. The fourth-order valence-corrected chi connectivity index (χ4v) is 2.27. The highest BCUT2D eigenvalue weighted by Crippen LogP contribution is 2.23. The van der Waals surface area contributed by atoms with Gasteiger partial charge in [-0.25, -0.2) is 4.98 Å². The number of ketones is 1. The Morgan fingerprint density at radius 3 is 2.83 bits per heavy atom. The van der Waals surface area contributed by atoms with Crippen molar-refractivity contribution in [2.75, 3.05) is 0 Å². The van der Waals surface area contributed by atoms with Gasteiger partial charge in [0.15, 0.2) is 5.82 Å². The standard InChI is InChI=1S/C14H13N3O/c1-9-12(10-5-3-4-6-11(10)16-9)13(18)14-15-7-8-17(14)2/h3-8,16H,1-2H3. The summed E-state index contributed by atoms with van der Waals surface area (Å²) in [5.74, 6) is 0.417. The van der Waals surface area contributed by atoms with Gasteiger partial charge < -0.3 is 9.55 Å². The fourth-order valence-electron chi connectivity index (χ4n) is 2.27. The van der Waals surface area contributed by atoms with E-state index in [1.54, 1.807) is 17.0 Å². The third-order valence-corrected chi connectivity index (χ3v) is 3.14. The lowest BCUT2D eigenvalue weighted by Crippen LogP contribution is -2.09. The van der Waals surface area contributed by atoms with Gasteiger partial charge in [-0.2, -0.15) is 0 Å². The van der Waals surface area contributed by atoms with Gasteiger partial charge in [0.1, 0.15) is 0 Å². The van der Waals surface area contributed by atoms with E-state index < -0.39 is 0 Å². The Bertz CT molecular complexity index is 736. The minimum absolute atomic E-state index is 0.0440. The number of aromatic nitrogens is 3. The Kier molecular flexibility index (Phi) is 2.30. The molecule has 0 bridgehead atoms. The maximum atomic E-state index is 12.5. The van der Waals surface area contributed by atoms with Gasteiger partial charge in [0, 0.05) is 36.0 Å². The third kappa shape index (κ3) is 1.46. The topological polar surface area (TPSA) is 50.7 Å². The number of para-hydroxylation sites is 1. The van der Waals surface area contributed by atoms with Crippen LogP contribution >= 0.6 is 0 Å². The summed E-state index contributed by atoms with van der Waals surface area (Å²) in [4.78, 5) is 19.9. The number of aromatic amines is 1. The van der Waals surface area contributed by atoms with E-state index >= 15 is 0 Å². The number of hydrogen-bond acceptors (Lipinski definition) is 2. The molecular formula is C14H13N3O. The number of hydrogen-bond donors (Lipinski definition) is 1. The largest absolute Gasteiger partial charge is 0.358 e. The monoisotopic (exact) mass is 239 g/mol. The first-order valence-electron chi connectivity index (χ1n) is 5.78. The summed E-state index contributed by atoms with van der Waals surface area (Å²) in [5, 5.41) is 0.947. The van der Waals surface area contributed by atoms with Gasteiger partial charge in [-0.1, -0.05) is 18.2 Å². The van der Waals surface area contributed by atoms with E-state index in [0.717, 1.165) is 16.6 Å². The van der Waals surface area contributed by atoms with Crippen LogP contribution in [0.1, 0.15) is 21.9 Å². The van der Waals surface area contributed by atoms with Gasteiger partial charge in [-0.05, 0) is 13.0 Å². The van der Waals surface area contributed by atoms with E-state index in [9.17, 15) is 4.79 Å². The minimum Gasteiger partial charge on any atom is -0.358 e. The molecule has 0 aliphatic carbocycles. The average molecular weight is 239 g/mol. The van der Waals surface area contributed by atoms with E-state index in [1.807, 2.05) is 38.2 Å². The van der Waals surface area contributed by atoms with Crippen molar-refractivity contribution in [2.45, 2.75) is 6.92 Å². The first-order valence-corrected chi connectivity index (χ1v) is 5.78. The van der Waals surface area contributed by atoms with Crippen LogP contribution in [0.2, 0.25) is 0 Å². The molecule has 0 fully saturated rings. The summed E-state index contributed by atoms with van der Waals surface area (Å²) in [7, 11) is 1.82. The fraction of sp³-hybridized carbons (Fsp3) is 0.143. The van der Waals surface area contributed by atoms with E-state index in [1.165, 1.54) is 0 Å². The molecule has 90 valence electrons. The van der Waals surface area contributed by atoms with Crippen LogP contribution < -0.4 is 0 Å². The molecule has 1 N–H and O–H groups in total. The molecule has 0 aliphatic rings. The van der Waals surface area contributed by atoms with Gasteiger partial charge in [0.25, 0.3) is 0 Å². The number of aryl methyl sites for hydroxylation is 2. The molecule has 1 aromatic carbocycles. The van der Waals surface area contributed by atoms with E-state index in [4.69, 9.17) is 0 Å². The lowest BCUT2D eigenvalue weighted by atomic mass is 10.1. The molecular weight excluding hydrogens is 226 g/mol. The highest BCUT2D eigenvalue weighted by molar-refractivity contribution is 6.15. The van der Waals surface area contributed by atoms with Crippen molar-refractivity contribution in [2.24, 2.45) is 7.05 Å². The summed E-state index contributed by atoms with van der Waals surface area (Å²) < 4.78 is 1.74. The summed E-state index contributed by atoms with van der Waals surface area (Å²) in [5.41, 5.74) is 2.57. The quantitative estimate of drug-likeness (QED) is 0.698. The van der Waals surface area contributed by atoms with Crippen molar-refractivity contribution in [3.05, 3.63) is 53.7 Å². The number of imidazole rings is 1. The second kappa shape index (κ2) is 3.84. The number of rotatable bonds is 2. The Labute approximate surface area is 104 Å². The van der Waals surface area contributed by atoms with Crippen LogP contribution in [0, 0.1) is 6.92 Å². The van der Waals surface area contributed by atoms with Crippen molar-refractivity contribution in [1.82, 2.24) is 14.5 Å². The van der Waals surface area contributed by atoms with Crippen LogP contribution in [0.5, 0.6) is 0 Å². The minimum atomic E-state index is -0.0440. The predicted octanol–water partition coefficient (Wildman–Crippen LogP) is 2.44. The maximum absolute atomic E-state index is 12.5. The molecule has 4 heteroatoms. The number of nitrogens with one attached hydrogen (secondary N) is 1. The molecule has 0 unspecified atom stereocenters. The predicted molar refractivity (Wildman–Crippen MR) is 69.7 cm³/mol. The number of fused-ring (bicyclic) bond motifs is 1. The van der Waals surface area contributed by atoms with Crippen LogP contribution in [0.15, 0.2) is 36.7 Å². The van der Waals surface area contributed by atoms with Crippen LogP contribution in [0.25, 0.3) is 10.9 Å². The number of benzene rings is 1. The first-order chi connectivity index (χ1) is 8.68. The van der Waals surface area contributed by atoms with Crippen molar-refractivity contribution in [3.63, 3.8) is 0 Å². The molecule has 18 heavy (non-hydrogen) atoms. The highest BCUT2D eigenvalue weighted by Gasteiger charge is 2.20. The first kappa shape index (κ1) is 10.8. The Hall–Kier alpha value is -2.36. The van der Waals surface area contributed by atoms with Crippen LogP contribution in [-0.2, 0) is 7.05 Å². The Morgan fingerprint density at radius 2 is 2.11 bits per heavy atom. The summed E-state index contributed by atoms with van der Waals surface area (Å²) in [6.45, 7) is 1.91. The van der Waals surface area contributed by atoms with Gasteiger partial charge in [0.2, 0.25) is 5.78 Å². The van der Waals surface area contributed by atoms with Gasteiger partial charge >= 0.3 is 0 Å². The van der Waals surface area contributed by atoms with E-state index in [-0.39, 0.29) is 5.78 Å². The molecule has 0 saturated heterocycles. The molecule has 2 aromatic heterocycles. The number of H-pyrrole nitrogens is 1. The van der Waals surface area contributed by atoms with Gasteiger partial charge in [-0.3, -0.25) is 4.79 Å². The van der Waals surface area contributed by atoms with Crippen LogP contribution in [0.3, 0.4) is 0 Å². The molecule has 0 atom stereocenters. The van der Waals surface area contributed by atoms with E-state index in [2.05, 4.69) is 9.97 Å². The molecule has 0 amide bonds. The zero-order valence-electron chi connectivity index (χ0n) is 10.3. The van der Waals surface area contributed by atoms with Crippen molar-refractivity contribution in [3.8, 4) is 0 Å². The summed E-state index contributed by atoms with van der Waals surface area (Å²) >= 11 is 0. The molecule has 0 saturated carbocycles. The lowest BCUT2D eigenvalue weighted by molar-refractivity contribution is 0.102. The van der Waals surface area contributed by atoms with Crippen LogP contribution in [0.4, 0.5) is 0 Å². The Balaban J connectivity index is 2.23. The zero-order chi connectivity index (χ0) is 12.7. The molecule has 3 aromatic rings. The average Bonchev–Trinajstić information content (AvgIpc) is 2.91. The maximum Gasteiger partial charge on any atom is 0.230 e. The van der Waals surface area contributed by atoms with Crippen molar-refractivity contribution in [1.29, 1.82) is 0 Å². The molecule has 2 heterocycles. The number of carbonyl (C=O) groups excluding carboxylic acids is 1. The number of carbonyl (C=O) groups is 1. The number of nitrogens with zero attached hydrogens (tertiary/aromatic N) is 2. The molecule has 0 radical (unpaired) electrons. The SMILES string of the molecule is Cc1[nH]c2ccccc2c1C(=O)c1nccn1C. The third-order valence-electron chi connectivity index (χ3n) is 3.14. The molecule has 3 rings (SSSR count). The summed E-state index contributed by atoms with van der Waals surface area (Å²) in [6.07, 6.45) is 3.41. The van der Waals surface area contributed by atoms with Gasteiger partial charge in [0.05, 0.1) is 5.56 Å². The normalized spacial score (nSPS) is 11.0. The second-order valence-electron chi connectivity index (χ2n) is 4.36. The van der Waals surface area contributed by atoms with Crippen molar-refractivity contribution >= 4 is 16.7 Å². The van der Waals surface area contributed by atoms with Crippen molar-refractivity contribution < 1.29 is 4.79 Å². The smallest absolute Gasteiger partial charge is 0.230 e. The Morgan fingerprint density at radius 1 is 1.33 bits per heavy atom. The second-order valence-corrected chi connectivity index (χ2v) is 4.36. The summed E-state index contributed by atoms with van der Waals surface area (Å²) in [6, 6.07) is 7.81. The molecule has 4 nitrogen and oxygen atoms in total. The molecule has 0 aliphatic heterocycles. The lowest BCUT2D eigenvalue weighted by Gasteiger charge is -2.01. The zero-order valence-corrected chi connectivity index (χ0v) is 10.3.